The van der Waals surface area contributed by atoms with Crippen LogP contribution in [0.3, 0.4) is 0 Å². The maximum atomic E-state index is 5.86. The summed E-state index contributed by atoms with van der Waals surface area (Å²) in [7, 11) is 0. The second-order valence-corrected chi connectivity index (χ2v) is 7.07. The summed E-state index contributed by atoms with van der Waals surface area (Å²) in [6.07, 6.45) is 15.0. The Hall–Kier alpha value is -1.81. The van der Waals surface area contributed by atoms with E-state index >= 15 is 0 Å². The zero-order valence-electron chi connectivity index (χ0n) is 14.2. The average Bonchev–Trinajstić information content (AvgIpc) is 2.59. The Morgan fingerprint density at radius 2 is 2.25 bits per heavy atom. The quantitative estimate of drug-likeness (QED) is 0.870. The summed E-state index contributed by atoms with van der Waals surface area (Å²) in [4.78, 5) is 4.36. The van der Waals surface area contributed by atoms with Gasteiger partial charge in [-0.05, 0) is 79.8 Å². The number of rotatable bonds is 6. The Labute approximate surface area is 144 Å². The molecule has 4 nitrogen and oxygen atoms in total. The van der Waals surface area contributed by atoms with Gasteiger partial charge in [0.25, 0.3) is 0 Å². The standard InChI is InChI=1S/C20H26N2O2/c1-2-16(20-14-23-9-7-17(20)3-1)5-4-15-10-19(12-21-11-15)24-13-18-6-8-22-18/h7,9-12,16,18,22H,1-6,8,13-14H2/t16?,18-/m0/s1. The van der Waals surface area contributed by atoms with Crippen molar-refractivity contribution in [3.8, 4) is 5.75 Å². The van der Waals surface area contributed by atoms with Gasteiger partial charge in [-0.1, -0.05) is 0 Å². The van der Waals surface area contributed by atoms with Crippen molar-refractivity contribution in [3.63, 3.8) is 0 Å². The van der Waals surface area contributed by atoms with E-state index in [1.54, 1.807) is 0 Å². The largest absolute Gasteiger partial charge is 0.497 e. The molecule has 0 bridgehead atoms. The number of pyridine rings is 1. The molecule has 0 saturated carbocycles. The maximum Gasteiger partial charge on any atom is 0.137 e. The van der Waals surface area contributed by atoms with Crippen LogP contribution in [0.25, 0.3) is 0 Å². The molecule has 2 aliphatic heterocycles. The molecule has 0 amide bonds. The first-order valence-electron chi connectivity index (χ1n) is 9.18. The molecule has 2 atom stereocenters. The van der Waals surface area contributed by atoms with E-state index in [0.717, 1.165) is 31.9 Å². The Morgan fingerprint density at radius 3 is 3.12 bits per heavy atom. The lowest BCUT2D eigenvalue weighted by Gasteiger charge is -2.29. The first-order valence-corrected chi connectivity index (χ1v) is 9.18. The van der Waals surface area contributed by atoms with Gasteiger partial charge in [0.1, 0.15) is 19.0 Å². The van der Waals surface area contributed by atoms with Crippen molar-refractivity contribution in [2.45, 2.75) is 44.6 Å². The fourth-order valence-electron chi connectivity index (χ4n) is 3.83. The summed E-state index contributed by atoms with van der Waals surface area (Å²) in [5, 5.41) is 3.36. The summed E-state index contributed by atoms with van der Waals surface area (Å²) >= 11 is 0. The second kappa shape index (κ2) is 7.39. The third kappa shape index (κ3) is 3.64. The minimum atomic E-state index is 0.514. The topological polar surface area (TPSA) is 43.4 Å². The van der Waals surface area contributed by atoms with Gasteiger partial charge < -0.3 is 14.8 Å². The molecule has 4 rings (SSSR count). The number of aromatic nitrogens is 1. The third-order valence-corrected chi connectivity index (χ3v) is 5.44. The third-order valence-electron chi connectivity index (χ3n) is 5.44. The van der Waals surface area contributed by atoms with E-state index < -0.39 is 0 Å². The lowest BCUT2D eigenvalue weighted by Crippen LogP contribution is -2.46. The molecule has 0 radical (unpaired) electrons. The zero-order valence-corrected chi connectivity index (χ0v) is 14.2. The van der Waals surface area contributed by atoms with Crippen LogP contribution in [0.15, 0.2) is 41.9 Å². The smallest absolute Gasteiger partial charge is 0.137 e. The van der Waals surface area contributed by atoms with E-state index in [2.05, 4.69) is 22.4 Å². The van der Waals surface area contributed by atoms with E-state index in [1.165, 1.54) is 48.8 Å². The van der Waals surface area contributed by atoms with Crippen LogP contribution in [-0.2, 0) is 11.2 Å². The van der Waals surface area contributed by atoms with E-state index in [0.29, 0.717) is 12.0 Å². The molecular weight excluding hydrogens is 300 g/mol. The van der Waals surface area contributed by atoms with Gasteiger partial charge in [0, 0.05) is 12.2 Å². The zero-order chi connectivity index (χ0) is 16.2. The van der Waals surface area contributed by atoms with Gasteiger partial charge in [-0.3, -0.25) is 4.98 Å². The molecule has 128 valence electrons. The van der Waals surface area contributed by atoms with Crippen LogP contribution < -0.4 is 10.1 Å². The van der Waals surface area contributed by atoms with E-state index in [-0.39, 0.29) is 0 Å². The fraction of sp³-hybridized carbons (Fsp3) is 0.550. The van der Waals surface area contributed by atoms with Crippen molar-refractivity contribution in [1.82, 2.24) is 10.3 Å². The molecule has 4 heteroatoms. The molecule has 3 heterocycles. The molecule has 1 fully saturated rings. The average molecular weight is 326 g/mol. The normalized spacial score (nSPS) is 25.7. The molecule has 1 aliphatic carbocycles. The summed E-state index contributed by atoms with van der Waals surface area (Å²) in [5.74, 6) is 1.55. The fourth-order valence-corrected chi connectivity index (χ4v) is 3.83. The van der Waals surface area contributed by atoms with Crippen molar-refractivity contribution < 1.29 is 9.47 Å². The molecule has 1 unspecified atom stereocenters. The van der Waals surface area contributed by atoms with Gasteiger partial charge in [-0.25, -0.2) is 0 Å². The van der Waals surface area contributed by atoms with Crippen LogP contribution in [-0.4, -0.2) is 30.8 Å². The van der Waals surface area contributed by atoms with Crippen molar-refractivity contribution in [2.24, 2.45) is 5.92 Å². The molecule has 0 spiro atoms. The highest BCUT2D eigenvalue weighted by Crippen LogP contribution is 2.35. The van der Waals surface area contributed by atoms with Crippen molar-refractivity contribution >= 4 is 0 Å². The van der Waals surface area contributed by atoms with Crippen LogP contribution in [0.1, 0.15) is 37.7 Å². The Balaban J connectivity index is 1.34. The molecule has 3 aliphatic rings. The van der Waals surface area contributed by atoms with E-state index in [4.69, 9.17) is 9.47 Å². The number of hydrogen-bond donors (Lipinski definition) is 1. The lowest BCUT2D eigenvalue weighted by molar-refractivity contribution is 0.216. The maximum absolute atomic E-state index is 5.86. The van der Waals surface area contributed by atoms with Gasteiger partial charge >= 0.3 is 0 Å². The Kier molecular flexibility index (Phi) is 4.83. The molecule has 24 heavy (non-hydrogen) atoms. The van der Waals surface area contributed by atoms with Crippen LogP contribution >= 0.6 is 0 Å². The van der Waals surface area contributed by atoms with Gasteiger partial charge in [-0.15, -0.1) is 0 Å². The van der Waals surface area contributed by atoms with Crippen LogP contribution in [0, 0.1) is 5.92 Å². The second-order valence-electron chi connectivity index (χ2n) is 7.07. The lowest BCUT2D eigenvalue weighted by atomic mass is 9.79. The number of nitrogens with one attached hydrogen (secondary N) is 1. The van der Waals surface area contributed by atoms with Crippen LogP contribution in [0.5, 0.6) is 5.75 Å². The summed E-state index contributed by atoms with van der Waals surface area (Å²) in [6.45, 7) is 2.64. The van der Waals surface area contributed by atoms with Gasteiger partial charge in [0.15, 0.2) is 0 Å². The number of ether oxygens (including phenoxy) is 2. The predicted molar refractivity (Wildman–Crippen MR) is 93.9 cm³/mol. The first-order chi connectivity index (χ1) is 11.9. The highest BCUT2D eigenvalue weighted by Gasteiger charge is 2.23. The van der Waals surface area contributed by atoms with Crippen molar-refractivity contribution in [3.05, 3.63) is 47.5 Å². The van der Waals surface area contributed by atoms with Gasteiger partial charge in [-0.2, -0.15) is 0 Å². The van der Waals surface area contributed by atoms with Crippen molar-refractivity contribution in [1.29, 1.82) is 0 Å². The monoisotopic (exact) mass is 326 g/mol. The predicted octanol–water partition coefficient (Wildman–Crippen LogP) is 3.40. The summed E-state index contributed by atoms with van der Waals surface area (Å²) in [6, 6.07) is 2.67. The molecular formula is C20H26N2O2. The van der Waals surface area contributed by atoms with Crippen LogP contribution in [0.4, 0.5) is 0 Å². The number of hydrogen-bond acceptors (Lipinski definition) is 4. The molecule has 1 aromatic heterocycles. The van der Waals surface area contributed by atoms with Gasteiger partial charge in [0.05, 0.1) is 12.5 Å². The number of aryl methyl sites for hydroxylation is 1. The van der Waals surface area contributed by atoms with E-state index in [9.17, 15) is 0 Å². The minimum Gasteiger partial charge on any atom is -0.497 e. The number of nitrogens with zero attached hydrogens (tertiary/aromatic N) is 1. The number of allylic oxidation sites excluding steroid dienone is 2. The molecule has 1 saturated heterocycles. The minimum absolute atomic E-state index is 0.514. The van der Waals surface area contributed by atoms with E-state index in [1.807, 2.05) is 18.7 Å². The highest BCUT2D eigenvalue weighted by atomic mass is 16.5. The summed E-state index contributed by atoms with van der Waals surface area (Å²) < 4.78 is 11.4. The SMILES string of the molecule is C1=CC2=C(CO1)C(CCc1cncc(OC[C@@H]3CCN3)c1)CCC2. The Morgan fingerprint density at radius 1 is 1.29 bits per heavy atom. The first kappa shape index (κ1) is 15.7. The molecule has 0 aromatic carbocycles. The van der Waals surface area contributed by atoms with Crippen LogP contribution in [0.2, 0.25) is 0 Å². The van der Waals surface area contributed by atoms with Gasteiger partial charge in [0.2, 0.25) is 0 Å². The Bertz CT molecular complexity index is 634. The summed E-state index contributed by atoms with van der Waals surface area (Å²) in [5.41, 5.74) is 4.31. The van der Waals surface area contributed by atoms with Crippen molar-refractivity contribution in [2.75, 3.05) is 19.8 Å². The molecule has 1 N–H and O–H groups in total. The highest BCUT2D eigenvalue weighted by molar-refractivity contribution is 5.32. The molecule has 1 aromatic rings.